The number of sulfonamides is 1. The molecule has 2 aromatic carbocycles. The minimum absolute atomic E-state index is 0.0738. The Balaban J connectivity index is 1.64. The maximum absolute atomic E-state index is 13.2. The summed E-state index contributed by atoms with van der Waals surface area (Å²) >= 11 is 0. The SMILES string of the molecule is COc1ccc(CC(=O)N[C@@H](CC(C)C)C(=O)NC2CCCN(S(=O)(=O)c3ccc(F)cc3)CC2=O)cc1. The summed E-state index contributed by atoms with van der Waals surface area (Å²) in [6.45, 7) is 3.52. The Morgan fingerprint density at radius 1 is 1.11 bits per heavy atom. The number of nitrogens with zero attached hydrogens (tertiary/aromatic N) is 1. The van der Waals surface area contributed by atoms with Gasteiger partial charge in [0.05, 0.1) is 31.0 Å². The molecule has 3 rings (SSSR count). The average molecular weight is 548 g/mol. The lowest BCUT2D eigenvalue weighted by Gasteiger charge is -2.23. The molecule has 0 aliphatic carbocycles. The first-order valence-electron chi connectivity index (χ1n) is 12.5. The molecular weight excluding hydrogens is 513 g/mol. The largest absolute Gasteiger partial charge is 0.497 e. The van der Waals surface area contributed by atoms with E-state index in [1.165, 1.54) is 0 Å². The fraction of sp³-hybridized carbons (Fsp3) is 0.444. The third kappa shape index (κ3) is 7.84. The number of methoxy groups -OCH3 is 1. The van der Waals surface area contributed by atoms with Crippen LogP contribution < -0.4 is 15.4 Å². The first kappa shape index (κ1) is 29.2. The van der Waals surface area contributed by atoms with E-state index < -0.39 is 46.2 Å². The Bertz CT molecular complexity index is 1230. The molecule has 2 amide bonds. The van der Waals surface area contributed by atoms with Gasteiger partial charge in [0.2, 0.25) is 21.8 Å². The molecule has 2 N–H and O–H groups in total. The zero-order valence-corrected chi connectivity index (χ0v) is 22.6. The first-order chi connectivity index (χ1) is 18.0. The summed E-state index contributed by atoms with van der Waals surface area (Å²) < 4.78 is 45.4. The number of rotatable bonds is 10. The quantitative estimate of drug-likeness (QED) is 0.471. The molecule has 1 unspecified atom stereocenters. The van der Waals surface area contributed by atoms with Crippen LogP contribution >= 0.6 is 0 Å². The molecule has 0 radical (unpaired) electrons. The highest BCUT2D eigenvalue weighted by atomic mass is 32.2. The Hall–Kier alpha value is -3.31. The lowest BCUT2D eigenvalue weighted by Crippen LogP contribution is -2.53. The molecule has 1 aliphatic rings. The zero-order valence-electron chi connectivity index (χ0n) is 21.8. The van der Waals surface area contributed by atoms with Crippen LogP contribution in [-0.2, 0) is 30.8 Å². The fourth-order valence-electron chi connectivity index (χ4n) is 4.26. The number of carbonyl (C=O) groups excluding carboxylic acids is 3. The van der Waals surface area contributed by atoms with Gasteiger partial charge in [0, 0.05) is 6.54 Å². The summed E-state index contributed by atoms with van der Waals surface area (Å²) in [5, 5.41) is 5.50. The van der Waals surface area contributed by atoms with Crippen molar-refractivity contribution < 1.29 is 31.9 Å². The van der Waals surface area contributed by atoms with E-state index in [1.807, 2.05) is 13.8 Å². The van der Waals surface area contributed by atoms with Gasteiger partial charge in [-0.25, -0.2) is 12.8 Å². The highest BCUT2D eigenvalue weighted by Gasteiger charge is 2.34. The van der Waals surface area contributed by atoms with Crippen molar-refractivity contribution in [3.05, 3.63) is 59.9 Å². The number of ketones is 1. The highest BCUT2D eigenvalue weighted by Crippen LogP contribution is 2.20. The molecule has 1 aliphatic heterocycles. The molecule has 1 fully saturated rings. The van der Waals surface area contributed by atoms with E-state index in [0.717, 1.165) is 34.1 Å². The van der Waals surface area contributed by atoms with Crippen LogP contribution in [0.1, 0.15) is 38.7 Å². The van der Waals surface area contributed by atoms with Crippen molar-refractivity contribution in [1.82, 2.24) is 14.9 Å². The van der Waals surface area contributed by atoms with E-state index in [0.29, 0.717) is 18.6 Å². The van der Waals surface area contributed by atoms with Gasteiger partial charge in [-0.05, 0) is 67.1 Å². The van der Waals surface area contributed by atoms with Crippen molar-refractivity contribution >= 4 is 27.6 Å². The number of hydrogen-bond donors (Lipinski definition) is 2. The summed E-state index contributed by atoms with van der Waals surface area (Å²) in [7, 11) is -2.45. The second-order valence-corrected chi connectivity index (χ2v) is 11.7. The summed E-state index contributed by atoms with van der Waals surface area (Å²) in [6, 6.07) is 9.71. The maximum Gasteiger partial charge on any atom is 0.243 e. The Morgan fingerprint density at radius 3 is 2.37 bits per heavy atom. The van der Waals surface area contributed by atoms with Crippen molar-refractivity contribution in [2.75, 3.05) is 20.2 Å². The standard InChI is InChI=1S/C27H34FN3O6S/c1-18(2)15-24(29-26(33)16-19-6-10-21(37-3)11-7-19)27(34)30-23-5-4-14-31(17-25(23)32)38(35,36)22-12-8-20(28)9-13-22/h6-13,18,23-24H,4-5,14-17H2,1-3H3,(H,29,33)(H,30,34)/t23?,24-/m0/s1. The van der Waals surface area contributed by atoms with Crippen molar-refractivity contribution in [2.45, 2.75) is 56.5 Å². The topological polar surface area (TPSA) is 122 Å². The fourth-order valence-corrected chi connectivity index (χ4v) is 5.70. The number of hydrogen-bond acceptors (Lipinski definition) is 6. The van der Waals surface area contributed by atoms with Gasteiger partial charge in [0.15, 0.2) is 5.78 Å². The van der Waals surface area contributed by atoms with Gasteiger partial charge >= 0.3 is 0 Å². The van der Waals surface area contributed by atoms with Gasteiger partial charge in [-0.2, -0.15) is 4.31 Å². The van der Waals surface area contributed by atoms with Crippen LogP contribution in [0.2, 0.25) is 0 Å². The second kappa shape index (κ2) is 13.0. The molecule has 0 bridgehead atoms. The zero-order chi connectivity index (χ0) is 27.9. The predicted molar refractivity (Wildman–Crippen MR) is 139 cm³/mol. The summed E-state index contributed by atoms with van der Waals surface area (Å²) in [5.74, 6) is -1.08. The Morgan fingerprint density at radius 2 is 1.76 bits per heavy atom. The number of nitrogens with one attached hydrogen (secondary N) is 2. The molecule has 2 atom stereocenters. The lowest BCUT2D eigenvalue weighted by molar-refractivity contribution is -0.131. The van der Waals surface area contributed by atoms with Crippen molar-refractivity contribution in [2.24, 2.45) is 5.92 Å². The van der Waals surface area contributed by atoms with Crippen LogP contribution in [0.15, 0.2) is 53.4 Å². The molecule has 2 aromatic rings. The van der Waals surface area contributed by atoms with E-state index in [2.05, 4.69) is 10.6 Å². The molecule has 1 saturated heterocycles. The number of carbonyl (C=O) groups is 3. The third-order valence-electron chi connectivity index (χ3n) is 6.27. The monoisotopic (exact) mass is 547 g/mol. The van der Waals surface area contributed by atoms with Crippen LogP contribution in [0.5, 0.6) is 5.75 Å². The molecule has 0 saturated carbocycles. The summed E-state index contributed by atoms with van der Waals surface area (Å²) in [5.41, 5.74) is 0.758. The van der Waals surface area contributed by atoms with Crippen LogP contribution in [0.3, 0.4) is 0 Å². The van der Waals surface area contributed by atoms with Gasteiger partial charge in [0.1, 0.15) is 17.6 Å². The molecule has 1 heterocycles. The number of ether oxygens (including phenoxy) is 1. The molecule has 11 heteroatoms. The minimum Gasteiger partial charge on any atom is -0.497 e. The van der Waals surface area contributed by atoms with E-state index in [1.54, 1.807) is 31.4 Å². The Labute approximate surface area is 222 Å². The second-order valence-electron chi connectivity index (χ2n) is 9.74. The van der Waals surface area contributed by atoms with Gasteiger partial charge in [-0.3, -0.25) is 14.4 Å². The van der Waals surface area contributed by atoms with Crippen LogP contribution in [0, 0.1) is 11.7 Å². The lowest BCUT2D eigenvalue weighted by atomic mass is 10.0. The number of amides is 2. The van der Waals surface area contributed by atoms with E-state index in [9.17, 15) is 27.2 Å². The van der Waals surface area contributed by atoms with Crippen molar-refractivity contribution in [3.63, 3.8) is 0 Å². The molecule has 0 spiro atoms. The molecular formula is C27H34FN3O6S. The van der Waals surface area contributed by atoms with E-state index in [-0.39, 0.29) is 36.1 Å². The normalized spacial score (nSPS) is 17.5. The number of halogens is 1. The average Bonchev–Trinajstić information content (AvgIpc) is 3.05. The van der Waals surface area contributed by atoms with Gasteiger partial charge in [-0.15, -0.1) is 0 Å². The van der Waals surface area contributed by atoms with Gasteiger partial charge in [-0.1, -0.05) is 26.0 Å². The van der Waals surface area contributed by atoms with Gasteiger partial charge < -0.3 is 15.4 Å². The summed E-state index contributed by atoms with van der Waals surface area (Å²) in [4.78, 5) is 38.7. The first-order valence-corrected chi connectivity index (χ1v) is 13.9. The molecule has 206 valence electrons. The van der Waals surface area contributed by atoms with E-state index in [4.69, 9.17) is 4.74 Å². The highest BCUT2D eigenvalue weighted by molar-refractivity contribution is 7.89. The maximum atomic E-state index is 13.2. The third-order valence-corrected chi connectivity index (χ3v) is 8.13. The Kier molecular flexibility index (Phi) is 9.98. The van der Waals surface area contributed by atoms with Crippen molar-refractivity contribution in [3.8, 4) is 5.75 Å². The number of benzene rings is 2. The van der Waals surface area contributed by atoms with E-state index >= 15 is 0 Å². The number of Topliss-reactive ketones (excluding diaryl/α,β-unsaturated/α-hetero) is 1. The minimum atomic E-state index is -4.00. The molecule has 0 aromatic heterocycles. The molecule has 9 nitrogen and oxygen atoms in total. The van der Waals surface area contributed by atoms with Crippen LogP contribution in [-0.4, -0.2) is 62.6 Å². The van der Waals surface area contributed by atoms with Crippen molar-refractivity contribution in [1.29, 1.82) is 0 Å². The van der Waals surface area contributed by atoms with Crippen LogP contribution in [0.4, 0.5) is 4.39 Å². The van der Waals surface area contributed by atoms with Gasteiger partial charge in [0.25, 0.3) is 0 Å². The van der Waals surface area contributed by atoms with Crippen LogP contribution in [0.25, 0.3) is 0 Å². The summed E-state index contributed by atoms with van der Waals surface area (Å²) in [6.07, 6.45) is 1.04. The smallest absolute Gasteiger partial charge is 0.243 e. The molecule has 38 heavy (non-hydrogen) atoms. The predicted octanol–water partition coefficient (Wildman–Crippen LogP) is 2.45.